The van der Waals surface area contributed by atoms with Crippen LogP contribution in [0.15, 0.2) is 24.5 Å². The molecule has 1 aliphatic rings. The minimum atomic E-state index is -3.30. The van der Waals surface area contributed by atoms with E-state index in [1.54, 1.807) is 29.7 Å². The van der Waals surface area contributed by atoms with Crippen LogP contribution in [0.4, 0.5) is 0 Å². The van der Waals surface area contributed by atoms with Crippen LogP contribution in [0.1, 0.15) is 16.9 Å². The Bertz CT molecular complexity index is 800. The molecule has 24 heavy (non-hydrogen) atoms. The topological polar surface area (TPSA) is 66.4 Å². The van der Waals surface area contributed by atoms with Gasteiger partial charge < -0.3 is 0 Å². The zero-order valence-electron chi connectivity index (χ0n) is 14.1. The first-order valence-corrected chi connectivity index (χ1v) is 10.1. The predicted molar refractivity (Wildman–Crippen MR) is 96.1 cm³/mol. The highest BCUT2D eigenvalue weighted by Crippen LogP contribution is 2.26. The Hall–Kier alpha value is -1.35. The van der Waals surface area contributed by atoms with Gasteiger partial charge in [0.15, 0.2) is 0 Å². The monoisotopic (exact) mass is 366 g/mol. The number of hydrogen-bond donors (Lipinski definition) is 0. The van der Waals surface area contributed by atoms with Gasteiger partial charge in [-0.25, -0.2) is 4.98 Å². The number of aromatic nitrogens is 2. The largest absolute Gasteiger partial charge is 0.281 e. The SMILES string of the molecule is Cc1cnc(-c2ccc(CC3CCN(S(=O)(=O)N(C)C)C3)cn2)s1. The van der Waals surface area contributed by atoms with Crippen molar-refractivity contribution in [2.24, 2.45) is 5.92 Å². The van der Waals surface area contributed by atoms with Gasteiger partial charge >= 0.3 is 0 Å². The number of pyridine rings is 1. The van der Waals surface area contributed by atoms with E-state index in [0.717, 1.165) is 29.1 Å². The van der Waals surface area contributed by atoms with Crippen molar-refractivity contribution >= 4 is 21.5 Å². The smallest absolute Gasteiger partial charge is 0.253 e. The number of rotatable bonds is 5. The summed E-state index contributed by atoms with van der Waals surface area (Å²) in [5.74, 6) is 0.342. The lowest BCUT2D eigenvalue weighted by Gasteiger charge is -2.20. The van der Waals surface area contributed by atoms with Crippen LogP contribution in [0.2, 0.25) is 0 Å². The summed E-state index contributed by atoms with van der Waals surface area (Å²) >= 11 is 1.63. The van der Waals surface area contributed by atoms with Crippen molar-refractivity contribution in [3.8, 4) is 10.7 Å². The van der Waals surface area contributed by atoms with E-state index in [4.69, 9.17) is 0 Å². The zero-order chi connectivity index (χ0) is 17.3. The van der Waals surface area contributed by atoms with Gasteiger partial charge in [0.05, 0.1) is 5.69 Å². The molecular weight excluding hydrogens is 344 g/mol. The maximum Gasteiger partial charge on any atom is 0.281 e. The molecule has 0 aliphatic carbocycles. The van der Waals surface area contributed by atoms with Crippen molar-refractivity contribution in [3.63, 3.8) is 0 Å². The van der Waals surface area contributed by atoms with E-state index in [1.807, 2.05) is 25.4 Å². The summed E-state index contributed by atoms with van der Waals surface area (Å²) in [4.78, 5) is 10.0. The number of thiazole rings is 1. The molecule has 2 aromatic heterocycles. The molecule has 8 heteroatoms. The molecule has 0 aromatic carbocycles. The first-order chi connectivity index (χ1) is 11.4. The Morgan fingerprint density at radius 3 is 2.67 bits per heavy atom. The fourth-order valence-corrected chi connectivity index (χ4v) is 4.82. The Labute approximate surface area is 147 Å². The minimum absolute atomic E-state index is 0.342. The third-order valence-corrected chi connectivity index (χ3v) is 7.07. The van der Waals surface area contributed by atoms with Crippen molar-refractivity contribution in [2.75, 3.05) is 27.2 Å². The molecule has 0 amide bonds. The van der Waals surface area contributed by atoms with Crippen LogP contribution in [-0.4, -0.2) is 54.2 Å². The van der Waals surface area contributed by atoms with E-state index in [-0.39, 0.29) is 0 Å². The van der Waals surface area contributed by atoms with E-state index >= 15 is 0 Å². The van der Waals surface area contributed by atoms with E-state index in [0.29, 0.717) is 19.0 Å². The highest BCUT2D eigenvalue weighted by molar-refractivity contribution is 7.86. The molecule has 1 aliphatic heterocycles. The van der Waals surface area contributed by atoms with Crippen LogP contribution < -0.4 is 0 Å². The standard InChI is InChI=1S/C16H22N4O2S2/c1-12-9-18-16(23-12)15-5-4-13(10-17-15)8-14-6-7-20(11-14)24(21,22)19(2)3/h4-5,9-10,14H,6-8,11H2,1-3H3. The van der Waals surface area contributed by atoms with Crippen molar-refractivity contribution < 1.29 is 8.42 Å². The van der Waals surface area contributed by atoms with E-state index in [1.165, 1.54) is 9.18 Å². The molecule has 0 spiro atoms. The molecule has 1 fully saturated rings. The van der Waals surface area contributed by atoms with Gasteiger partial charge in [-0.15, -0.1) is 11.3 Å². The van der Waals surface area contributed by atoms with Gasteiger partial charge in [-0.2, -0.15) is 17.0 Å². The molecule has 130 valence electrons. The molecule has 1 saturated heterocycles. The van der Waals surface area contributed by atoms with Crippen LogP contribution >= 0.6 is 11.3 Å². The number of hydrogen-bond acceptors (Lipinski definition) is 5. The lowest BCUT2D eigenvalue weighted by Crippen LogP contribution is -2.38. The maximum atomic E-state index is 12.2. The summed E-state index contributed by atoms with van der Waals surface area (Å²) in [6.45, 7) is 3.20. The van der Waals surface area contributed by atoms with Crippen molar-refractivity contribution in [2.45, 2.75) is 19.8 Å². The van der Waals surface area contributed by atoms with E-state index in [9.17, 15) is 8.42 Å². The minimum Gasteiger partial charge on any atom is -0.253 e. The quantitative estimate of drug-likeness (QED) is 0.813. The van der Waals surface area contributed by atoms with Gasteiger partial charge in [0.2, 0.25) is 0 Å². The normalized spacial score (nSPS) is 19.2. The molecule has 0 bridgehead atoms. The average molecular weight is 367 g/mol. The first-order valence-electron chi connectivity index (χ1n) is 7.91. The van der Waals surface area contributed by atoms with Gasteiger partial charge in [0, 0.05) is 44.5 Å². The van der Waals surface area contributed by atoms with Crippen molar-refractivity contribution in [1.82, 2.24) is 18.6 Å². The fourth-order valence-electron chi connectivity index (χ4n) is 2.88. The highest BCUT2D eigenvalue weighted by atomic mass is 32.2. The lowest BCUT2D eigenvalue weighted by atomic mass is 10.00. The molecule has 0 saturated carbocycles. The molecule has 0 N–H and O–H groups in total. The molecule has 2 aromatic rings. The molecule has 3 heterocycles. The first kappa shape index (κ1) is 17.5. The second-order valence-corrected chi connectivity index (χ2v) is 9.71. The highest BCUT2D eigenvalue weighted by Gasteiger charge is 2.32. The molecule has 1 atom stereocenters. The summed E-state index contributed by atoms with van der Waals surface area (Å²) in [5.41, 5.74) is 2.03. The Morgan fingerprint density at radius 2 is 2.08 bits per heavy atom. The summed E-state index contributed by atoms with van der Waals surface area (Å²) in [5, 5.41) is 0.933. The summed E-state index contributed by atoms with van der Waals surface area (Å²) in [6.07, 6.45) is 5.48. The fraction of sp³-hybridized carbons (Fsp3) is 0.500. The maximum absolute atomic E-state index is 12.2. The molecule has 3 rings (SSSR count). The molecular formula is C16H22N4O2S2. The second kappa shape index (κ2) is 6.87. The lowest BCUT2D eigenvalue weighted by molar-refractivity contribution is 0.409. The summed E-state index contributed by atoms with van der Waals surface area (Å²) in [6, 6.07) is 4.07. The number of aryl methyl sites for hydroxylation is 1. The summed E-state index contributed by atoms with van der Waals surface area (Å²) < 4.78 is 27.2. The van der Waals surface area contributed by atoms with Gasteiger partial charge in [-0.1, -0.05) is 6.07 Å². The molecule has 1 unspecified atom stereocenters. The van der Waals surface area contributed by atoms with Gasteiger partial charge in [-0.05, 0) is 37.3 Å². The average Bonchev–Trinajstić information content (AvgIpc) is 3.17. The van der Waals surface area contributed by atoms with Gasteiger partial charge in [0.1, 0.15) is 5.01 Å². The van der Waals surface area contributed by atoms with Crippen molar-refractivity contribution in [1.29, 1.82) is 0 Å². The number of nitrogens with zero attached hydrogens (tertiary/aromatic N) is 4. The van der Waals surface area contributed by atoms with Gasteiger partial charge in [0.25, 0.3) is 10.2 Å². The van der Waals surface area contributed by atoms with Crippen LogP contribution in [0.5, 0.6) is 0 Å². The second-order valence-electron chi connectivity index (χ2n) is 6.33. The Morgan fingerprint density at radius 1 is 1.29 bits per heavy atom. The van der Waals surface area contributed by atoms with E-state index < -0.39 is 10.2 Å². The predicted octanol–water partition coefficient (Wildman–Crippen LogP) is 2.18. The van der Waals surface area contributed by atoms with Crippen LogP contribution in [-0.2, 0) is 16.6 Å². The van der Waals surface area contributed by atoms with Crippen molar-refractivity contribution in [3.05, 3.63) is 35.0 Å². The van der Waals surface area contributed by atoms with E-state index in [2.05, 4.69) is 16.0 Å². The molecule has 6 nitrogen and oxygen atoms in total. The Balaban J connectivity index is 1.63. The Kier molecular flexibility index (Phi) is 5.00. The van der Waals surface area contributed by atoms with Crippen LogP contribution in [0.25, 0.3) is 10.7 Å². The zero-order valence-corrected chi connectivity index (χ0v) is 15.8. The molecule has 0 radical (unpaired) electrons. The third-order valence-electron chi connectivity index (χ3n) is 4.23. The summed E-state index contributed by atoms with van der Waals surface area (Å²) in [7, 11) is -0.148. The van der Waals surface area contributed by atoms with Crippen LogP contribution in [0, 0.1) is 12.8 Å². The van der Waals surface area contributed by atoms with Crippen LogP contribution in [0.3, 0.4) is 0 Å². The third kappa shape index (κ3) is 3.66. The van der Waals surface area contributed by atoms with Gasteiger partial charge in [-0.3, -0.25) is 4.98 Å².